The third-order valence-electron chi connectivity index (χ3n) is 5.26. The molecular weight excluding hydrogens is 526 g/mol. The van der Waals surface area contributed by atoms with Gasteiger partial charge in [-0.05, 0) is 26.0 Å². The van der Waals surface area contributed by atoms with E-state index in [1.54, 1.807) is 18.2 Å². The van der Waals surface area contributed by atoms with E-state index >= 15 is 4.39 Å². The number of hydrogen-bond donors (Lipinski definition) is 3. The number of para-hydroxylation sites is 1. The molecule has 0 radical (unpaired) electrons. The lowest BCUT2D eigenvalue weighted by molar-refractivity contribution is -0.149. The van der Waals surface area contributed by atoms with Gasteiger partial charge >= 0.3 is 19.4 Å². The average Bonchev–Trinajstić information content (AvgIpc) is 3.05. The highest BCUT2D eigenvalue weighted by atomic mass is 31.2. The summed E-state index contributed by atoms with van der Waals surface area (Å²) in [5.41, 5.74) is -4.28. The van der Waals surface area contributed by atoms with Crippen LogP contribution >= 0.6 is 7.75 Å². The Kier molecular flexibility index (Phi) is 8.97. The van der Waals surface area contributed by atoms with Crippen molar-refractivity contribution >= 4 is 13.7 Å². The molecule has 6 atom stereocenters. The lowest BCUT2D eigenvalue weighted by atomic mass is 9.98. The smallest absolute Gasteiger partial charge is 0.458 e. The number of hydrogen-bond acceptors (Lipinski definition) is 9. The van der Waals surface area contributed by atoms with Crippen molar-refractivity contribution < 1.29 is 46.2 Å². The summed E-state index contributed by atoms with van der Waals surface area (Å²) in [6.07, 6.45) is -7.01. The van der Waals surface area contributed by atoms with E-state index in [1.165, 1.54) is 12.1 Å². The molecule has 1 aliphatic heterocycles. The molecule has 1 aromatic carbocycles. The van der Waals surface area contributed by atoms with Crippen LogP contribution in [0.2, 0.25) is 0 Å². The number of aromatic amines is 1. The van der Waals surface area contributed by atoms with Crippen molar-refractivity contribution in [1.82, 2.24) is 14.6 Å². The van der Waals surface area contributed by atoms with Gasteiger partial charge in [0.1, 0.15) is 24.0 Å². The zero-order chi connectivity index (χ0) is 27.4. The van der Waals surface area contributed by atoms with E-state index in [0.29, 0.717) is 0 Å². The highest BCUT2D eigenvalue weighted by molar-refractivity contribution is 7.52. The second-order valence-corrected chi connectivity index (χ2v) is 9.90. The molecule has 1 aromatic heterocycles. The van der Waals surface area contributed by atoms with E-state index in [1.807, 2.05) is 4.98 Å². The zero-order valence-corrected chi connectivity index (χ0v) is 20.5. The van der Waals surface area contributed by atoms with Gasteiger partial charge in [0.2, 0.25) is 0 Å². The first-order valence-electron chi connectivity index (χ1n) is 10.9. The number of aliphatic hydroxyl groups excluding tert-OH is 1. The maximum atomic E-state index is 15.4. The summed E-state index contributed by atoms with van der Waals surface area (Å²) in [5.74, 6) is -1.14. The van der Waals surface area contributed by atoms with Crippen molar-refractivity contribution in [1.29, 1.82) is 0 Å². The minimum absolute atomic E-state index is 0.0346. The van der Waals surface area contributed by atoms with Crippen LogP contribution in [0.4, 0.5) is 13.2 Å². The minimum Gasteiger partial charge on any atom is -0.458 e. The Balaban J connectivity index is 1.78. The van der Waals surface area contributed by atoms with Crippen LogP contribution < -0.4 is 20.9 Å². The molecule has 204 valence electrons. The maximum absolute atomic E-state index is 15.4. The summed E-state index contributed by atoms with van der Waals surface area (Å²) in [7, 11) is -4.50. The number of H-pyrrole nitrogens is 1. The molecule has 1 aliphatic rings. The van der Waals surface area contributed by atoms with Gasteiger partial charge in [0.05, 0.1) is 6.61 Å². The SMILES string of the molecule is C[C@H](NP(=O)(OC[C@H]1O[C@@H](n2ccc(=O)[nH]c2=O)C(C)(F)[C@@H]1O)Oc1ccccc1)C(=O)OCC(F)F. The van der Waals surface area contributed by atoms with Crippen LogP contribution in [-0.4, -0.2) is 64.2 Å². The third-order valence-corrected chi connectivity index (χ3v) is 6.90. The predicted octanol–water partition coefficient (Wildman–Crippen LogP) is 1.51. The van der Waals surface area contributed by atoms with E-state index in [0.717, 1.165) is 30.7 Å². The fourth-order valence-corrected chi connectivity index (χ4v) is 4.91. The Morgan fingerprint density at radius 3 is 2.59 bits per heavy atom. The molecule has 16 heteroatoms. The normalized spacial score (nSPS) is 26.0. The third kappa shape index (κ3) is 7.08. The molecule has 3 N–H and O–H groups in total. The standard InChI is InChI=1S/C21H25F3N3O9P/c1-12(18(30)33-11-15(22)23)26-37(32,36-13-6-4-3-5-7-13)34-10-14-17(29)21(2,24)19(35-14)27-9-8-16(28)25-20(27)31/h3-9,12,14-15,17,19,29H,10-11H2,1-2H3,(H,26,32)(H,25,28,31)/t12-,14+,17+,19+,21?,37?/m0/s1. The van der Waals surface area contributed by atoms with Gasteiger partial charge in [-0.25, -0.2) is 22.5 Å². The Labute approximate surface area is 207 Å². The topological polar surface area (TPSA) is 158 Å². The molecule has 12 nitrogen and oxygen atoms in total. The molecule has 0 amide bonds. The first-order valence-corrected chi connectivity index (χ1v) is 12.4. The second kappa shape index (κ2) is 11.6. The van der Waals surface area contributed by atoms with Crippen LogP contribution in [0, 0.1) is 0 Å². The first-order chi connectivity index (χ1) is 17.3. The fraction of sp³-hybridized carbons (Fsp3) is 0.476. The second-order valence-electron chi connectivity index (χ2n) is 8.21. The number of esters is 1. The Morgan fingerprint density at radius 2 is 1.97 bits per heavy atom. The van der Waals surface area contributed by atoms with Crippen molar-refractivity contribution in [2.24, 2.45) is 0 Å². The van der Waals surface area contributed by atoms with Crippen molar-refractivity contribution in [3.05, 3.63) is 63.4 Å². The molecule has 1 saturated heterocycles. The van der Waals surface area contributed by atoms with Crippen LogP contribution in [-0.2, 0) is 23.4 Å². The summed E-state index contributed by atoms with van der Waals surface area (Å²) >= 11 is 0. The highest BCUT2D eigenvalue weighted by Gasteiger charge is 2.55. The molecule has 0 aliphatic carbocycles. The van der Waals surface area contributed by atoms with Crippen LogP contribution in [0.5, 0.6) is 5.75 Å². The van der Waals surface area contributed by atoms with Gasteiger partial charge in [0.25, 0.3) is 12.0 Å². The number of carbonyl (C=O) groups excluding carboxylic acids is 1. The molecule has 37 heavy (non-hydrogen) atoms. The molecular formula is C21H25F3N3O9P. The van der Waals surface area contributed by atoms with Crippen LogP contribution in [0.1, 0.15) is 20.1 Å². The van der Waals surface area contributed by atoms with Crippen LogP contribution in [0.25, 0.3) is 0 Å². The number of aliphatic hydroxyl groups is 1. The molecule has 1 fully saturated rings. The quantitative estimate of drug-likeness (QED) is 0.276. The summed E-state index contributed by atoms with van der Waals surface area (Å²) in [6, 6.07) is 7.07. The number of ether oxygens (including phenoxy) is 2. The number of rotatable bonds is 11. The number of aromatic nitrogens is 2. The fourth-order valence-electron chi connectivity index (χ4n) is 3.40. The molecule has 0 bridgehead atoms. The van der Waals surface area contributed by atoms with Crippen molar-refractivity contribution in [3.63, 3.8) is 0 Å². The maximum Gasteiger partial charge on any atom is 0.459 e. The monoisotopic (exact) mass is 551 g/mol. The van der Waals surface area contributed by atoms with Crippen LogP contribution in [0.3, 0.4) is 0 Å². The predicted molar refractivity (Wildman–Crippen MR) is 121 cm³/mol. The van der Waals surface area contributed by atoms with Gasteiger partial charge in [-0.1, -0.05) is 18.2 Å². The molecule has 2 heterocycles. The van der Waals surface area contributed by atoms with Gasteiger partial charge in [-0.15, -0.1) is 0 Å². The Morgan fingerprint density at radius 1 is 1.30 bits per heavy atom. The molecule has 3 rings (SSSR count). The number of nitrogens with zero attached hydrogens (tertiary/aromatic N) is 1. The van der Waals surface area contributed by atoms with Crippen molar-refractivity contribution in [2.75, 3.05) is 13.2 Å². The van der Waals surface area contributed by atoms with E-state index in [-0.39, 0.29) is 5.75 Å². The lowest BCUT2D eigenvalue weighted by Gasteiger charge is -2.25. The minimum atomic E-state index is -4.50. The molecule has 0 spiro atoms. The zero-order valence-electron chi connectivity index (χ0n) is 19.6. The first kappa shape index (κ1) is 28.6. The molecule has 2 unspecified atom stereocenters. The summed E-state index contributed by atoms with van der Waals surface area (Å²) in [5, 5.41) is 12.8. The number of halogens is 3. The number of benzene rings is 1. The number of carbonyl (C=O) groups is 1. The lowest BCUT2D eigenvalue weighted by Crippen LogP contribution is -2.43. The van der Waals surface area contributed by atoms with Gasteiger partial charge in [0, 0.05) is 12.3 Å². The Hall–Kier alpha value is -2.97. The van der Waals surface area contributed by atoms with E-state index < -0.39 is 74.8 Å². The number of alkyl halides is 3. The van der Waals surface area contributed by atoms with E-state index in [9.17, 15) is 32.8 Å². The van der Waals surface area contributed by atoms with Gasteiger partial charge < -0.3 is 19.1 Å². The summed E-state index contributed by atoms with van der Waals surface area (Å²) < 4.78 is 74.9. The molecule has 2 aromatic rings. The van der Waals surface area contributed by atoms with Crippen molar-refractivity contribution in [2.45, 2.75) is 50.4 Å². The van der Waals surface area contributed by atoms with Gasteiger partial charge in [-0.3, -0.25) is 23.7 Å². The highest BCUT2D eigenvalue weighted by Crippen LogP contribution is 2.47. The summed E-state index contributed by atoms with van der Waals surface area (Å²) in [6.45, 7) is 0.180. The molecule has 0 saturated carbocycles. The van der Waals surface area contributed by atoms with Crippen molar-refractivity contribution in [3.8, 4) is 5.75 Å². The number of nitrogens with one attached hydrogen (secondary N) is 2. The van der Waals surface area contributed by atoms with E-state index in [2.05, 4.69) is 9.82 Å². The summed E-state index contributed by atoms with van der Waals surface area (Å²) in [4.78, 5) is 37.4. The van der Waals surface area contributed by atoms with Gasteiger partial charge in [0.15, 0.2) is 18.5 Å². The van der Waals surface area contributed by atoms with Crippen LogP contribution in [0.15, 0.2) is 52.2 Å². The average molecular weight is 551 g/mol. The van der Waals surface area contributed by atoms with E-state index in [4.69, 9.17) is 13.8 Å². The van der Waals surface area contributed by atoms with Gasteiger partial charge in [-0.2, -0.15) is 5.09 Å². The largest absolute Gasteiger partial charge is 0.459 e. The Bertz CT molecular complexity index is 1240.